The highest BCUT2D eigenvalue weighted by Crippen LogP contribution is 2.29. The highest BCUT2D eigenvalue weighted by atomic mass is 79.9. The van der Waals surface area contributed by atoms with E-state index in [2.05, 4.69) is 26.0 Å². The zero-order valence-corrected chi connectivity index (χ0v) is 13.3. The van der Waals surface area contributed by atoms with Crippen molar-refractivity contribution >= 4 is 37.3 Å². The van der Waals surface area contributed by atoms with E-state index in [1.807, 2.05) is 0 Å². The molecule has 1 fully saturated rings. The molecule has 0 radical (unpaired) electrons. The molecule has 18 heavy (non-hydrogen) atoms. The Morgan fingerprint density at radius 1 is 1.56 bits per heavy atom. The molecule has 0 spiro atoms. The first-order chi connectivity index (χ1) is 8.44. The van der Waals surface area contributed by atoms with Gasteiger partial charge in [0.05, 0.1) is 20.8 Å². The maximum Gasteiger partial charge on any atom is 0.242 e. The molecule has 1 unspecified atom stereocenters. The summed E-state index contributed by atoms with van der Waals surface area (Å²) in [4.78, 5) is 1.11. The number of sulfonamides is 1. The first-order valence-corrected chi connectivity index (χ1v) is 8.55. The lowest BCUT2D eigenvalue weighted by molar-refractivity contribution is 0.103. The van der Waals surface area contributed by atoms with Gasteiger partial charge in [-0.1, -0.05) is 0 Å². The lowest BCUT2D eigenvalue weighted by atomic mass is 10.2. The molecule has 5 nitrogen and oxygen atoms in total. The van der Waals surface area contributed by atoms with Crippen molar-refractivity contribution in [1.82, 2.24) is 10.0 Å². The Morgan fingerprint density at radius 3 is 2.83 bits per heavy atom. The number of halogens is 1. The van der Waals surface area contributed by atoms with Crippen molar-refractivity contribution in [2.75, 3.05) is 20.2 Å². The van der Waals surface area contributed by atoms with Gasteiger partial charge in [0.1, 0.15) is 0 Å². The van der Waals surface area contributed by atoms with Gasteiger partial charge in [0.25, 0.3) is 0 Å². The zero-order valence-electron chi connectivity index (χ0n) is 10.1. The van der Waals surface area contributed by atoms with Crippen LogP contribution in [-0.2, 0) is 14.8 Å². The van der Waals surface area contributed by atoms with Gasteiger partial charge < -0.3 is 10.1 Å². The van der Waals surface area contributed by atoms with E-state index < -0.39 is 10.0 Å². The molecule has 2 heterocycles. The Morgan fingerprint density at radius 2 is 2.28 bits per heavy atom. The molecule has 0 aromatic carbocycles. The van der Waals surface area contributed by atoms with Crippen LogP contribution in [-0.4, -0.2) is 40.8 Å². The molecule has 8 heteroatoms. The third kappa shape index (κ3) is 2.94. The van der Waals surface area contributed by atoms with Gasteiger partial charge in [0.2, 0.25) is 10.0 Å². The SMILES string of the molecule is CO[C@H]1CNCC1NS(=O)(=O)c1cc(Br)sc1C. The van der Waals surface area contributed by atoms with Crippen LogP contribution in [0.5, 0.6) is 0 Å². The van der Waals surface area contributed by atoms with Crippen LogP contribution in [0.25, 0.3) is 0 Å². The molecule has 2 atom stereocenters. The summed E-state index contributed by atoms with van der Waals surface area (Å²) >= 11 is 4.71. The van der Waals surface area contributed by atoms with E-state index in [4.69, 9.17) is 4.74 Å². The molecule has 0 aliphatic carbocycles. The minimum atomic E-state index is -3.49. The van der Waals surface area contributed by atoms with Crippen LogP contribution in [0.15, 0.2) is 14.7 Å². The van der Waals surface area contributed by atoms with Crippen molar-refractivity contribution in [2.45, 2.75) is 24.0 Å². The minimum Gasteiger partial charge on any atom is -0.378 e. The topological polar surface area (TPSA) is 67.4 Å². The molecule has 1 aliphatic heterocycles. The zero-order chi connectivity index (χ0) is 13.3. The van der Waals surface area contributed by atoms with Crippen molar-refractivity contribution in [3.63, 3.8) is 0 Å². The third-order valence-electron chi connectivity index (χ3n) is 2.90. The molecule has 0 amide bonds. The molecule has 1 aliphatic rings. The fraction of sp³-hybridized carbons (Fsp3) is 0.600. The maximum atomic E-state index is 12.3. The summed E-state index contributed by atoms with van der Waals surface area (Å²) in [5.74, 6) is 0. The first-order valence-electron chi connectivity index (χ1n) is 5.46. The minimum absolute atomic E-state index is 0.123. The Hall–Kier alpha value is 0.01000. The number of ether oxygens (including phenoxy) is 1. The van der Waals surface area contributed by atoms with Crippen LogP contribution >= 0.6 is 27.3 Å². The lowest BCUT2D eigenvalue weighted by Gasteiger charge is -2.18. The van der Waals surface area contributed by atoms with Gasteiger partial charge >= 0.3 is 0 Å². The summed E-state index contributed by atoms with van der Waals surface area (Å²) in [6.45, 7) is 3.04. The highest BCUT2D eigenvalue weighted by molar-refractivity contribution is 9.11. The van der Waals surface area contributed by atoms with E-state index in [0.29, 0.717) is 18.0 Å². The molecule has 0 bridgehead atoms. The van der Waals surface area contributed by atoms with Crippen LogP contribution in [0.3, 0.4) is 0 Å². The highest BCUT2D eigenvalue weighted by Gasteiger charge is 2.32. The van der Waals surface area contributed by atoms with E-state index in [9.17, 15) is 8.42 Å². The fourth-order valence-electron chi connectivity index (χ4n) is 1.98. The van der Waals surface area contributed by atoms with Crippen LogP contribution in [0.4, 0.5) is 0 Å². The molecule has 0 saturated carbocycles. The summed E-state index contributed by atoms with van der Waals surface area (Å²) < 4.78 is 33.3. The first kappa shape index (κ1) is 14.4. The van der Waals surface area contributed by atoms with Crippen molar-refractivity contribution in [3.8, 4) is 0 Å². The van der Waals surface area contributed by atoms with E-state index in [-0.39, 0.29) is 12.1 Å². The van der Waals surface area contributed by atoms with E-state index in [1.54, 1.807) is 20.1 Å². The van der Waals surface area contributed by atoms with Crippen molar-refractivity contribution in [3.05, 3.63) is 14.7 Å². The number of nitrogens with one attached hydrogen (secondary N) is 2. The number of thiophene rings is 1. The van der Waals surface area contributed by atoms with Gasteiger partial charge in [0.15, 0.2) is 0 Å². The number of rotatable bonds is 4. The summed E-state index contributed by atoms with van der Waals surface area (Å²) in [7, 11) is -1.90. The number of hydrogen-bond acceptors (Lipinski definition) is 5. The quantitative estimate of drug-likeness (QED) is 0.848. The Bertz CT molecular complexity index is 529. The molecular weight excluding hydrogens is 340 g/mol. The third-order valence-corrected chi connectivity index (χ3v) is 6.20. The normalized spacial score (nSPS) is 24.6. The van der Waals surface area contributed by atoms with Gasteiger partial charge in [-0.05, 0) is 28.9 Å². The summed E-state index contributed by atoms with van der Waals surface area (Å²) in [5, 5.41) is 3.11. The van der Waals surface area contributed by atoms with Crippen LogP contribution in [0.2, 0.25) is 0 Å². The molecule has 1 saturated heterocycles. The van der Waals surface area contributed by atoms with Gasteiger partial charge in [-0.25, -0.2) is 13.1 Å². The van der Waals surface area contributed by atoms with Crippen LogP contribution < -0.4 is 10.0 Å². The van der Waals surface area contributed by atoms with Gasteiger partial charge in [-0.2, -0.15) is 0 Å². The summed E-state index contributed by atoms with van der Waals surface area (Å²) in [5.41, 5.74) is 0. The Labute approximate surface area is 119 Å². The smallest absolute Gasteiger partial charge is 0.242 e. The second-order valence-corrected chi connectivity index (χ2v) is 8.45. The monoisotopic (exact) mass is 354 g/mol. The van der Waals surface area contributed by atoms with Gasteiger partial charge in [-0.15, -0.1) is 11.3 Å². The average molecular weight is 355 g/mol. The Kier molecular flexibility index (Phi) is 4.45. The van der Waals surface area contributed by atoms with Crippen molar-refractivity contribution < 1.29 is 13.2 Å². The van der Waals surface area contributed by atoms with Crippen LogP contribution in [0, 0.1) is 6.92 Å². The summed E-state index contributed by atoms with van der Waals surface area (Å²) in [6, 6.07) is 1.41. The van der Waals surface area contributed by atoms with E-state index in [1.165, 1.54) is 11.3 Å². The lowest BCUT2D eigenvalue weighted by Crippen LogP contribution is -2.43. The molecular formula is C10H15BrN2O3S2. The second-order valence-electron chi connectivity index (χ2n) is 4.13. The van der Waals surface area contributed by atoms with E-state index >= 15 is 0 Å². The molecule has 102 valence electrons. The van der Waals surface area contributed by atoms with E-state index in [0.717, 1.165) is 8.66 Å². The standard InChI is InChI=1S/C10H15BrN2O3S2/c1-6-9(3-10(11)17-6)18(14,15)13-7-4-12-5-8(7)16-2/h3,7-8,12-13H,4-5H2,1-2H3/t7?,8-/m0/s1. The maximum absolute atomic E-state index is 12.3. The molecule has 2 rings (SSSR count). The molecule has 1 aromatic rings. The average Bonchev–Trinajstić information content (AvgIpc) is 2.84. The number of methoxy groups -OCH3 is 1. The molecule has 1 aromatic heterocycles. The van der Waals surface area contributed by atoms with Crippen molar-refractivity contribution in [1.29, 1.82) is 0 Å². The summed E-state index contributed by atoms with van der Waals surface area (Å²) in [6.07, 6.45) is -0.123. The Balaban J connectivity index is 2.19. The number of aryl methyl sites for hydroxylation is 1. The molecule has 2 N–H and O–H groups in total. The van der Waals surface area contributed by atoms with Crippen molar-refractivity contribution in [2.24, 2.45) is 0 Å². The second kappa shape index (κ2) is 5.56. The van der Waals surface area contributed by atoms with Crippen LogP contribution in [0.1, 0.15) is 4.88 Å². The van der Waals surface area contributed by atoms with Gasteiger partial charge in [-0.3, -0.25) is 0 Å². The number of hydrogen-bond donors (Lipinski definition) is 2. The van der Waals surface area contributed by atoms with Gasteiger partial charge in [0, 0.05) is 25.1 Å². The fourth-order valence-corrected chi connectivity index (χ4v) is 5.66. The predicted molar refractivity (Wildman–Crippen MR) is 74.5 cm³/mol. The predicted octanol–water partition coefficient (Wildman–Crippen LogP) is 1.08. The largest absolute Gasteiger partial charge is 0.378 e.